The summed E-state index contributed by atoms with van der Waals surface area (Å²) in [5.74, 6) is -0.293. The number of ether oxygens (including phenoxy) is 10. The number of nitrogens with zero attached hydrogens (tertiary/aromatic N) is 10. The van der Waals surface area contributed by atoms with Gasteiger partial charge in [0.05, 0.1) is 203 Å². The van der Waals surface area contributed by atoms with E-state index in [2.05, 4.69) is 30.2 Å². The number of fused-ring (bicyclic) bond motifs is 3. The lowest BCUT2D eigenvalue weighted by Gasteiger charge is -2.32. The number of carbonyl (C=O) groups excluding carboxylic acids is 2. The van der Waals surface area contributed by atoms with Gasteiger partial charge >= 0.3 is 19.1 Å². The number of pyridine rings is 3. The van der Waals surface area contributed by atoms with Crippen LogP contribution in [0, 0.1) is 47.9 Å². The molecular formula is C71H82BN11O19. The molecule has 0 unspecified atom stereocenters. The van der Waals surface area contributed by atoms with Crippen LogP contribution in [0.4, 0.5) is 11.4 Å². The highest BCUT2D eigenvalue weighted by molar-refractivity contribution is 6.62. The van der Waals surface area contributed by atoms with Gasteiger partial charge in [0.15, 0.2) is 0 Å². The van der Waals surface area contributed by atoms with E-state index in [9.17, 15) is 34.6 Å². The SMILES string of the molecule is CCOC(=O)c1cnn(C2COCCOC2)c1-c1ccc(-c2c(C)cc(C)nc2OC)cc1[N+](=O)[O-].CCOC(=O)c1cnn(C2COCCOC2)c1-c1ccc(B2OC(C)(C)C(C)(C)O2)cc1[N+](=O)[O-].COc1nc(C)cc(C)c1-c1ccc2c(c1)[nH]c(=O)c1cnn(C3COCCOC3)c12. The Morgan fingerprint density at radius 3 is 1.42 bits per heavy atom. The van der Waals surface area contributed by atoms with Crippen molar-refractivity contribution in [3.05, 3.63) is 150 Å². The predicted molar refractivity (Wildman–Crippen MR) is 375 cm³/mol. The Labute approximate surface area is 587 Å². The highest BCUT2D eigenvalue weighted by Gasteiger charge is 2.52. The predicted octanol–water partition coefficient (Wildman–Crippen LogP) is 9.59. The average Bonchev–Trinajstić information content (AvgIpc) is 1.50. The number of nitrogens with one attached hydrogen (secondary N) is 1. The van der Waals surface area contributed by atoms with Crippen molar-refractivity contribution in [2.24, 2.45) is 0 Å². The fourth-order valence-electron chi connectivity index (χ4n) is 12.7. The topological polar surface area (TPSA) is 343 Å². The van der Waals surface area contributed by atoms with Crippen LogP contribution in [-0.4, -0.2) is 191 Å². The highest BCUT2D eigenvalue weighted by atomic mass is 16.7. The molecule has 0 bridgehead atoms. The standard InChI is InChI=1S/C25H28N4O7.C23H30BN3O8.C23H24N4O4/c1-5-36-25(30)20-12-26-28(18-13-34-8-9-35-14-18)23(20)19-7-6-17(11-21(19)29(31)32)22-15(2)10-16(3)27-24(22)33-4;1-6-33-21(28)18-12-25-26(16-13-31-9-10-32-14-16)20(18)17-8-7-15(11-19(17)27(29)30)24-34-22(2,3)23(4,5)35-24;1-13-8-14(2)25-23(29-3)20(13)15-4-5-17-19(9-15)26-22(28)18-10-24-27(21(17)18)16-11-30-6-7-31-12-16/h6-7,10-12,18H,5,8-9,13-14H2,1-4H3;7-8,11-12,16H,6,9-10,13-14H2,1-5H3;4-5,8-10,16H,6-7,11-12H2,1-3H3,(H,26,28). The second-order valence-corrected chi connectivity index (χ2v) is 25.7. The molecule has 30 nitrogen and oxygen atoms in total. The Balaban J connectivity index is 0.000000154. The first kappa shape index (κ1) is 73.4. The van der Waals surface area contributed by atoms with Gasteiger partial charge < -0.3 is 61.7 Å². The van der Waals surface area contributed by atoms with Crippen molar-refractivity contribution in [2.45, 2.75) is 98.6 Å². The zero-order valence-corrected chi connectivity index (χ0v) is 59.0. The summed E-state index contributed by atoms with van der Waals surface area (Å²) in [6.45, 7) is 24.0. The molecule has 4 aliphatic heterocycles. The molecule has 4 saturated heterocycles. The lowest BCUT2D eigenvalue weighted by atomic mass is 9.78. The molecule has 0 aliphatic carbocycles. The summed E-state index contributed by atoms with van der Waals surface area (Å²) < 4.78 is 72.3. The number of aromatic amines is 1. The number of benzene rings is 3. The van der Waals surface area contributed by atoms with E-state index in [1.165, 1.54) is 31.6 Å². The number of methoxy groups -OCH3 is 2. The molecular weight excluding hydrogens is 1320 g/mol. The summed E-state index contributed by atoms with van der Waals surface area (Å²) in [7, 11) is 2.35. The first-order valence-corrected chi connectivity index (χ1v) is 33.4. The quantitative estimate of drug-likeness (QED) is 0.0407. The molecule has 102 heavy (non-hydrogen) atoms. The third-order valence-electron chi connectivity index (χ3n) is 18.2. The Morgan fingerprint density at radius 2 is 0.980 bits per heavy atom. The molecule has 538 valence electrons. The van der Waals surface area contributed by atoms with Crippen molar-refractivity contribution in [1.82, 2.24) is 44.3 Å². The Bertz CT molecular complexity index is 4620. The number of H-pyrrole nitrogens is 1. The van der Waals surface area contributed by atoms with E-state index < -0.39 is 40.1 Å². The van der Waals surface area contributed by atoms with Gasteiger partial charge in [-0.2, -0.15) is 15.3 Å². The monoisotopic (exact) mass is 1400 g/mol. The fourth-order valence-corrected chi connectivity index (χ4v) is 12.7. The first-order valence-electron chi connectivity index (χ1n) is 33.4. The van der Waals surface area contributed by atoms with E-state index in [0.29, 0.717) is 86.6 Å². The summed E-state index contributed by atoms with van der Waals surface area (Å²) in [6.07, 6.45) is 4.35. The van der Waals surface area contributed by atoms with Gasteiger partial charge in [-0.05, 0) is 127 Å². The Hall–Kier alpha value is -9.86. The van der Waals surface area contributed by atoms with E-state index in [0.717, 1.165) is 50.1 Å². The molecule has 0 radical (unpaired) electrons. The minimum Gasteiger partial charge on any atom is -0.481 e. The second-order valence-electron chi connectivity index (χ2n) is 25.7. The van der Waals surface area contributed by atoms with E-state index in [1.54, 1.807) is 60.8 Å². The first-order chi connectivity index (χ1) is 49.0. The van der Waals surface area contributed by atoms with Crippen LogP contribution in [0.3, 0.4) is 0 Å². The lowest BCUT2D eigenvalue weighted by molar-refractivity contribution is -0.384. The fraction of sp³-hybridized carbons (Fsp3) is 0.437. The van der Waals surface area contributed by atoms with Gasteiger partial charge in [0.25, 0.3) is 16.9 Å². The van der Waals surface area contributed by atoms with Crippen molar-refractivity contribution in [2.75, 3.05) is 107 Å². The average molecular weight is 1400 g/mol. The van der Waals surface area contributed by atoms with Gasteiger partial charge in [0, 0.05) is 40.0 Å². The maximum absolute atomic E-state index is 12.8. The second kappa shape index (κ2) is 31.6. The van der Waals surface area contributed by atoms with E-state index >= 15 is 0 Å². The van der Waals surface area contributed by atoms with E-state index in [4.69, 9.17) is 56.7 Å². The third kappa shape index (κ3) is 15.3. The van der Waals surface area contributed by atoms with Crippen LogP contribution in [0.2, 0.25) is 0 Å². The van der Waals surface area contributed by atoms with E-state index in [1.807, 2.05) is 90.4 Å². The van der Waals surface area contributed by atoms with Crippen molar-refractivity contribution in [3.8, 4) is 56.5 Å². The highest BCUT2D eigenvalue weighted by Crippen LogP contribution is 2.43. The van der Waals surface area contributed by atoms with Gasteiger partial charge in [0.1, 0.15) is 11.1 Å². The number of esters is 2. The lowest BCUT2D eigenvalue weighted by Crippen LogP contribution is -2.41. The number of carbonyl (C=O) groups is 2. The Morgan fingerprint density at radius 1 is 0.569 bits per heavy atom. The van der Waals surface area contributed by atoms with Crippen LogP contribution in [-0.2, 0) is 47.2 Å². The van der Waals surface area contributed by atoms with Gasteiger partial charge in [0.2, 0.25) is 11.8 Å². The molecule has 0 amide bonds. The number of nitro benzene ring substituents is 2. The number of hydrogen-bond donors (Lipinski definition) is 1. The molecule has 31 heteroatoms. The minimum atomic E-state index is -0.772. The van der Waals surface area contributed by atoms with Crippen molar-refractivity contribution >= 4 is 57.7 Å². The molecule has 13 rings (SSSR count). The van der Waals surface area contributed by atoms with Crippen LogP contribution in [0.5, 0.6) is 11.8 Å². The van der Waals surface area contributed by atoms with Crippen molar-refractivity contribution < 1.29 is 76.1 Å². The number of rotatable bonds is 16. The summed E-state index contributed by atoms with van der Waals surface area (Å²) in [4.78, 5) is 73.9. The summed E-state index contributed by atoms with van der Waals surface area (Å²) >= 11 is 0. The number of hydrogen-bond acceptors (Lipinski definition) is 24. The van der Waals surface area contributed by atoms with E-state index in [-0.39, 0.29) is 108 Å². The maximum Gasteiger partial charge on any atom is 0.495 e. The normalized spacial score (nSPS) is 16.6. The molecule has 3 aromatic carbocycles. The number of aromatic nitrogens is 9. The summed E-state index contributed by atoms with van der Waals surface area (Å²) in [5, 5.41) is 39.3. The van der Waals surface area contributed by atoms with Crippen LogP contribution < -0.4 is 20.5 Å². The van der Waals surface area contributed by atoms with Crippen LogP contribution in [0.25, 0.3) is 66.6 Å². The largest absolute Gasteiger partial charge is 0.495 e. The maximum atomic E-state index is 12.8. The molecule has 6 aromatic heterocycles. The number of nitro groups is 2. The van der Waals surface area contributed by atoms with Gasteiger partial charge in [-0.1, -0.05) is 24.3 Å². The molecule has 4 fully saturated rings. The molecule has 0 saturated carbocycles. The molecule has 10 heterocycles. The molecule has 0 atom stereocenters. The smallest absolute Gasteiger partial charge is 0.481 e. The van der Waals surface area contributed by atoms with Gasteiger partial charge in [-0.25, -0.2) is 19.6 Å². The third-order valence-corrected chi connectivity index (χ3v) is 18.2. The zero-order valence-electron chi connectivity index (χ0n) is 59.0. The molecule has 1 N–H and O–H groups in total. The van der Waals surface area contributed by atoms with Crippen molar-refractivity contribution in [3.63, 3.8) is 0 Å². The van der Waals surface area contributed by atoms with Crippen molar-refractivity contribution in [1.29, 1.82) is 0 Å². The minimum absolute atomic E-state index is 0.0895. The Kier molecular flexibility index (Phi) is 22.7. The number of aryl methyl sites for hydroxylation is 4. The zero-order chi connectivity index (χ0) is 72.7. The van der Waals surface area contributed by atoms with Crippen LogP contribution in [0.1, 0.15) is 103 Å². The molecule has 9 aromatic rings. The summed E-state index contributed by atoms with van der Waals surface area (Å²) in [5.41, 5.74) is 8.16. The molecule has 4 aliphatic rings. The van der Waals surface area contributed by atoms with Crippen LogP contribution >= 0.6 is 0 Å². The van der Waals surface area contributed by atoms with Crippen LogP contribution in [0.15, 0.2) is 90.1 Å². The summed E-state index contributed by atoms with van der Waals surface area (Å²) in [6, 6.07) is 18.6. The van der Waals surface area contributed by atoms with Gasteiger partial charge in [-0.15, -0.1) is 0 Å². The molecule has 0 spiro atoms. The van der Waals surface area contributed by atoms with Gasteiger partial charge in [-0.3, -0.25) is 39.1 Å².